The molecule has 1 aromatic heterocycles. The lowest BCUT2D eigenvalue weighted by Crippen LogP contribution is -2.38. The Morgan fingerprint density at radius 1 is 1.35 bits per heavy atom. The summed E-state index contributed by atoms with van der Waals surface area (Å²) < 4.78 is 10.7. The number of hydrogen-bond donors (Lipinski definition) is 2. The normalized spacial score (nSPS) is 16.1. The van der Waals surface area contributed by atoms with E-state index >= 15 is 0 Å². The molecule has 2 heterocycles. The van der Waals surface area contributed by atoms with E-state index in [9.17, 15) is 5.11 Å². The van der Waals surface area contributed by atoms with Gasteiger partial charge in [0.1, 0.15) is 5.75 Å². The minimum Gasteiger partial charge on any atom is -0.497 e. The van der Waals surface area contributed by atoms with Crippen molar-refractivity contribution in [3.8, 4) is 5.75 Å². The summed E-state index contributed by atoms with van der Waals surface area (Å²) in [5.41, 5.74) is 3.51. The van der Waals surface area contributed by atoms with Crippen LogP contribution in [0.25, 0.3) is 0 Å². The monoisotopic (exact) mass is 317 g/mol. The molecule has 1 aliphatic heterocycles. The number of β-amino-alcohol motifs (C(OH)–C–C–N with tert-alkyl or cyclic N) is 1. The number of nitrogens with zero attached hydrogens (tertiary/aromatic N) is 2. The number of H-pyrrole nitrogens is 1. The third-order valence-corrected chi connectivity index (χ3v) is 4.09. The molecular weight excluding hydrogens is 294 g/mol. The summed E-state index contributed by atoms with van der Waals surface area (Å²) in [4.78, 5) is 2.24. The number of rotatable bonds is 7. The fourth-order valence-electron chi connectivity index (χ4n) is 2.82. The summed E-state index contributed by atoms with van der Waals surface area (Å²) in [5.74, 6) is 0.831. The SMILES string of the molecule is COc1ccc(COCC(O)CN2CCc3[nH]ncc3C2)cc1. The van der Waals surface area contributed by atoms with Gasteiger partial charge >= 0.3 is 0 Å². The van der Waals surface area contributed by atoms with Crippen molar-refractivity contribution in [2.45, 2.75) is 25.7 Å². The van der Waals surface area contributed by atoms with Gasteiger partial charge in [0.15, 0.2) is 0 Å². The van der Waals surface area contributed by atoms with Gasteiger partial charge in [-0.15, -0.1) is 0 Å². The van der Waals surface area contributed by atoms with Crippen LogP contribution in [0.4, 0.5) is 0 Å². The van der Waals surface area contributed by atoms with E-state index in [0.717, 1.165) is 30.8 Å². The molecule has 0 spiro atoms. The third-order valence-electron chi connectivity index (χ3n) is 4.09. The van der Waals surface area contributed by atoms with E-state index < -0.39 is 6.10 Å². The van der Waals surface area contributed by atoms with E-state index in [1.54, 1.807) is 7.11 Å². The number of fused-ring (bicyclic) bond motifs is 1. The first-order valence-electron chi connectivity index (χ1n) is 7.87. The molecule has 0 amide bonds. The molecule has 1 aromatic carbocycles. The van der Waals surface area contributed by atoms with E-state index in [0.29, 0.717) is 19.8 Å². The molecule has 2 aromatic rings. The number of aromatic amines is 1. The number of nitrogens with one attached hydrogen (secondary N) is 1. The second kappa shape index (κ2) is 7.59. The van der Waals surface area contributed by atoms with Gasteiger partial charge in [-0.25, -0.2) is 0 Å². The predicted molar refractivity (Wildman–Crippen MR) is 86.2 cm³/mol. The molecule has 6 heteroatoms. The first kappa shape index (κ1) is 16.0. The summed E-state index contributed by atoms with van der Waals surface area (Å²) in [6.45, 7) is 3.22. The van der Waals surface area contributed by atoms with Gasteiger partial charge < -0.3 is 14.6 Å². The average Bonchev–Trinajstić information content (AvgIpc) is 3.03. The molecule has 0 aliphatic carbocycles. The molecule has 0 fully saturated rings. The van der Waals surface area contributed by atoms with E-state index in [-0.39, 0.29) is 0 Å². The zero-order valence-corrected chi connectivity index (χ0v) is 13.4. The number of aliphatic hydroxyl groups is 1. The van der Waals surface area contributed by atoms with Crippen LogP contribution in [0.2, 0.25) is 0 Å². The Bertz CT molecular complexity index is 612. The molecule has 0 saturated carbocycles. The second-order valence-corrected chi connectivity index (χ2v) is 5.88. The first-order chi connectivity index (χ1) is 11.2. The Morgan fingerprint density at radius 3 is 2.96 bits per heavy atom. The van der Waals surface area contributed by atoms with Crippen molar-refractivity contribution in [3.63, 3.8) is 0 Å². The fraction of sp³-hybridized carbons (Fsp3) is 0.471. The first-order valence-corrected chi connectivity index (χ1v) is 7.87. The Balaban J connectivity index is 1.39. The van der Waals surface area contributed by atoms with Crippen molar-refractivity contribution in [2.24, 2.45) is 0 Å². The van der Waals surface area contributed by atoms with Gasteiger partial charge in [-0.3, -0.25) is 10.00 Å². The molecule has 1 aliphatic rings. The average molecular weight is 317 g/mol. The molecule has 1 unspecified atom stereocenters. The van der Waals surface area contributed by atoms with E-state index in [4.69, 9.17) is 9.47 Å². The van der Waals surface area contributed by atoms with E-state index in [1.807, 2.05) is 30.5 Å². The van der Waals surface area contributed by atoms with Gasteiger partial charge in [0.2, 0.25) is 0 Å². The molecule has 0 radical (unpaired) electrons. The largest absolute Gasteiger partial charge is 0.497 e. The Morgan fingerprint density at radius 2 is 2.17 bits per heavy atom. The second-order valence-electron chi connectivity index (χ2n) is 5.88. The molecule has 6 nitrogen and oxygen atoms in total. The molecular formula is C17H23N3O3. The van der Waals surface area contributed by atoms with Crippen molar-refractivity contribution in [1.82, 2.24) is 15.1 Å². The fourth-order valence-corrected chi connectivity index (χ4v) is 2.82. The lowest BCUT2D eigenvalue weighted by atomic mass is 10.1. The quantitative estimate of drug-likeness (QED) is 0.807. The molecule has 124 valence electrons. The highest BCUT2D eigenvalue weighted by molar-refractivity contribution is 5.26. The molecule has 3 rings (SSSR count). The van der Waals surface area contributed by atoms with Crippen molar-refractivity contribution < 1.29 is 14.6 Å². The minimum absolute atomic E-state index is 0.334. The van der Waals surface area contributed by atoms with Crippen LogP contribution in [0.3, 0.4) is 0 Å². The summed E-state index contributed by atoms with van der Waals surface area (Å²) in [5, 5.41) is 17.2. The maximum atomic E-state index is 10.2. The van der Waals surface area contributed by atoms with E-state index in [2.05, 4.69) is 15.1 Å². The predicted octanol–water partition coefficient (Wildman–Crippen LogP) is 1.35. The van der Waals surface area contributed by atoms with Gasteiger partial charge in [0.25, 0.3) is 0 Å². The lowest BCUT2D eigenvalue weighted by Gasteiger charge is -2.28. The van der Waals surface area contributed by atoms with Gasteiger partial charge in [0, 0.05) is 37.3 Å². The minimum atomic E-state index is -0.485. The summed E-state index contributed by atoms with van der Waals surface area (Å²) in [6.07, 6.45) is 2.34. The van der Waals surface area contributed by atoms with Crippen LogP contribution >= 0.6 is 0 Å². The van der Waals surface area contributed by atoms with Crippen LogP contribution in [0.15, 0.2) is 30.5 Å². The van der Waals surface area contributed by atoms with Gasteiger partial charge in [-0.1, -0.05) is 12.1 Å². The summed E-state index contributed by atoms with van der Waals surface area (Å²) in [6, 6.07) is 7.75. The Labute approximate surface area is 136 Å². The summed E-state index contributed by atoms with van der Waals surface area (Å²) in [7, 11) is 1.65. The van der Waals surface area contributed by atoms with Crippen molar-refractivity contribution in [3.05, 3.63) is 47.3 Å². The maximum Gasteiger partial charge on any atom is 0.118 e. The molecule has 0 saturated heterocycles. The zero-order valence-electron chi connectivity index (χ0n) is 13.4. The molecule has 1 atom stereocenters. The Kier molecular flexibility index (Phi) is 5.27. The number of hydrogen-bond acceptors (Lipinski definition) is 5. The van der Waals surface area contributed by atoms with Crippen LogP contribution in [-0.2, 0) is 24.3 Å². The van der Waals surface area contributed by atoms with Gasteiger partial charge in [-0.2, -0.15) is 5.10 Å². The van der Waals surface area contributed by atoms with Crippen molar-refractivity contribution in [1.29, 1.82) is 0 Å². The number of aromatic nitrogens is 2. The molecule has 0 bridgehead atoms. The topological polar surface area (TPSA) is 70.6 Å². The van der Waals surface area contributed by atoms with E-state index in [1.165, 1.54) is 11.3 Å². The van der Waals surface area contributed by atoms with Crippen molar-refractivity contribution in [2.75, 3.05) is 26.8 Å². The van der Waals surface area contributed by atoms with Crippen LogP contribution < -0.4 is 4.74 Å². The van der Waals surface area contributed by atoms with Crippen LogP contribution in [-0.4, -0.2) is 53.1 Å². The van der Waals surface area contributed by atoms with Crippen LogP contribution in [0.5, 0.6) is 5.75 Å². The zero-order chi connectivity index (χ0) is 16.1. The number of methoxy groups -OCH3 is 1. The standard InChI is InChI=1S/C17H23N3O3/c1-22-16-4-2-13(3-5-16)11-23-12-15(21)10-20-7-6-17-14(9-20)8-18-19-17/h2-5,8,15,21H,6-7,9-12H2,1H3,(H,18,19). The number of benzene rings is 1. The highest BCUT2D eigenvalue weighted by Crippen LogP contribution is 2.16. The number of ether oxygens (including phenoxy) is 2. The van der Waals surface area contributed by atoms with Gasteiger partial charge in [-0.05, 0) is 17.7 Å². The van der Waals surface area contributed by atoms with Gasteiger partial charge in [0.05, 0.1) is 32.6 Å². The van der Waals surface area contributed by atoms with Crippen LogP contribution in [0.1, 0.15) is 16.8 Å². The lowest BCUT2D eigenvalue weighted by molar-refractivity contribution is 0.00769. The number of aliphatic hydroxyl groups excluding tert-OH is 1. The summed E-state index contributed by atoms with van der Waals surface area (Å²) >= 11 is 0. The highest BCUT2D eigenvalue weighted by Gasteiger charge is 2.19. The molecule has 23 heavy (non-hydrogen) atoms. The van der Waals surface area contributed by atoms with Crippen LogP contribution in [0, 0.1) is 0 Å². The molecule has 2 N–H and O–H groups in total. The Hall–Kier alpha value is -1.89. The highest BCUT2D eigenvalue weighted by atomic mass is 16.5. The maximum absolute atomic E-state index is 10.2. The smallest absolute Gasteiger partial charge is 0.118 e. The van der Waals surface area contributed by atoms with Crippen molar-refractivity contribution >= 4 is 0 Å². The third kappa shape index (κ3) is 4.31.